The summed E-state index contributed by atoms with van der Waals surface area (Å²) in [5.74, 6) is -0.471. The Hall–Kier alpha value is -1.93. The van der Waals surface area contributed by atoms with Crippen LogP contribution in [0.1, 0.15) is 19.6 Å². The van der Waals surface area contributed by atoms with Crippen LogP contribution in [-0.4, -0.2) is 33.3 Å². The number of nitrogens with zero attached hydrogens (tertiary/aromatic N) is 2. The van der Waals surface area contributed by atoms with Crippen LogP contribution in [0.2, 0.25) is 0 Å². The number of hydrogen-bond donors (Lipinski definition) is 3. The minimum atomic E-state index is -1.03. The molecule has 1 aromatic rings. The summed E-state index contributed by atoms with van der Waals surface area (Å²) in [6.45, 7) is 1.25. The zero-order chi connectivity index (χ0) is 14.2. The first kappa shape index (κ1) is 13.5. The van der Waals surface area contributed by atoms with Gasteiger partial charge in [0.15, 0.2) is 0 Å². The lowest BCUT2D eigenvalue weighted by Gasteiger charge is -2.23. The summed E-state index contributed by atoms with van der Waals surface area (Å²) < 4.78 is 6.75. The molecule has 0 bridgehead atoms. The molecule has 1 fully saturated rings. The van der Waals surface area contributed by atoms with Crippen molar-refractivity contribution in [1.82, 2.24) is 9.55 Å². The standard InChI is InChI=1S/C11H16N4O4/c1-11(9(13)17)4-8(19-6(11)5-16)15-3-2-7(12)14-10(15)18/h2-3,6,8,16H,4-5H2,1H3,(H2,13,17)(H2,12,14,18)/t6-,8?,11?/m1/s1. The number of anilines is 1. The van der Waals surface area contributed by atoms with E-state index in [1.165, 1.54) is 16.8 Å². The van der Waals surface area contributed by atoms with Crippen LogP contribution in [0.3, 0.4) is 0 Å². The Morgan fingerprint density at radius 1 is 1.74 bits per heavy atom. The molecular formula is C11H16N4O4. The first-order valence-electron chi connectivity index (χ1n) is 5.79. The van der Waals surface area contributed by atoms with Gasteiger partial charge in [-0.2, -0.15) is 4.98 Å². The largest absolute Gasteiger partial charge is 0.394 e. The van der Waals surface area contributed by atoms with E-state index in [2.05, 4.69) is 4.98 Å². The number of carbonyl (C=O) groups excluding carboxylic acids is 1. The second kappa shape index (κ2) is 4.63. The van der Waals surface area contributed by atoms with Crippen molar-refractivity contribution >= 4 is 11.7 Å². The third kappa shape index (κ3) is 2.20. The Kier molecular flexibility index (Phi) is 3.29. The van der Waals surface area contributed by atoms with Crippen LogP contribution in [-0.2, 0) is 9.53 Å². The minimum Gasteiger partial charge on any atom is -0.394 e. The third-order valence-electron chi connectivity index (χ3n) is 3.52. The molecule has 2 unspecified atom stereocenters. The van der Waals surface area contributed by atoms with Gasteiger partial charge in [-0.1, -0.05) is 0 Å². The first-order valence-corrected chi connectivity index (χ1v) is 5.79. The van der Waals surface area contributed by atoms with E-state index in [4.69, 9.17) is 16.2 Å². The highest BCUT2D eigenvalue weighted by Gasteiger charge is 2.49. The molecule has 0 aliphatic carbocycles. The molecule has 104 valence electrons. The van der Waals surface area contributed by atoms with Gasteiger partial charge in [-0.25, -0.2) is 4.79 Å². The summed E-state index contributed by atoms with van der Waals surface area (Å²) >= 11 is 0. The van der Waals surface area contributed by atoms with E-state index in [-0.39, 0.29) is 18.8 Å². The van der Waals surface area contributed by atoms with Crippen LogP contribution >= 0.6 is 0 Å². The Morgan fingerprint density at radius 3 is 2.89 bits per heavy atom. The van der Waals surface area contributed by atoms with Gasteiger partial charge in [-0.05, 0) is 13.0 Å². The van der Waals surface area contributed by atoms with Gasteiger partial charge >= 0.3 is 5.69 Å². The van der Waals surface area contributed by atoms with Gasteiger partial charge in [0.1, 0.15) is 12.0 Å². The molecular weight excluding hydrogens is 252 g/mol. The molecule has 0 saturated carbocycles. The number of aliphatic hydroxyl groups is 1. The normalized spacial score (nSPS) is 30.4. The molecule has 1 amide bonds. The first-order chi connectivity index (χ1) is 8.88. The van der Waals surface area contributed by atoms with Crippen LogP contribution in [0.15, 0.2) is 17.1 Å². The van der Waals surface area contributed by atoms with Crippen molar-refractivity contribution in [3.05, 3.63) is 22.7 Å². The Balaban J connectivity index is 2.34. The molecule has 0 spiro atoms. The average Bonchev–Trinajstić information content (AvgIpc) is 2.67. The fourth-order valence-corrected chi connectivity index (χ4v) is 2.19. The van der Waals surface area contributed by atoms with Gasteiger partial charge in [0.2, 0.25) is 5.91 Å². The SMILES string of the molecule is CC1(C(N)=O)CC(n2ccc(N)nc2=O)O[C@@H]1CO. The summed E-state index contributed by atoms with van der Waals surface area (Å²) in [7, 11) is 0. The zero-order valence-electron chi connectivity index (χ0n) is 10.4. The van der Waals surface area contributed by atoms with Crippen molar-refractivity contribution in [3.8, 4) is 0 Å². The summed E-state index contributed by atoms with van der Waals surface area (Å²) in [5.41, 5.74) is 9.15. The lowest BCUT2D eigenvalue weighted by atomic mass is 9.82. The molecule has 1 saturated heterocycles. The topological polar surface area (TPSA) is 133 Å². The predicted octanol–water partition coefficient (Wildman–Crippen LogP) is -1.40. The second-order valence-electron chi connectivity index (χ2n) is 4.79. The van der Waals surface area contributed by atoms with Crippen LogP contribution in [0, 0.1) is 5.41 Å². The van der Waals surface area contributed by atoms with Crippen molar-refractivity contribution < 1.29 is 14.6 Å². The molecule has 2 rings (SSSR count). The van der Waals surface area contributed by atoms with Gasteiger partial charge < -0.3 is 21.3 Å². The predicted molar refractivity (Wildman–Crippen MR) is 65.8 cm³/mol. The molecule has 5 N–H and O–H groups in total. The van der Waals surface area contributed by atoms with E-state index in [0.29, 0.717) is 0 Å². The maximum Gasteiger partial charge on any atom is 0.351 e. The number of primary amides is 1. The average molecular weight is 268 g/mol. The fraction of sp³-hybridized carbons (Fsp3) is 0.545. The van der Waals surface area contributed by atoms with Crippen molar-refractivity contribution in [3.63, 3.8) is 0 Å². The molecule has 1 aliphatic rings. The maximum atomic E-state index is 11.7. The van der Waals surface area contributed by atoms with E-state index < -0.39 is 29.3 Å². The highest BCUT2D eigenvalue weighted by molar-refractivity contribution is 5.81. The molecule has 1 aromatic heterocycles. The molecule has 3 atom stereocenters. The fourth-order valence-electron chi connectivity index (χ4n) is 2.19. The molecule has 8 nitrogen and oxygen atoms in total. The lowest BCUT2D eigenvalue weighted by Crippen LogP contribution is -2.42. The quantitative estimate of drug-likeness (QED) is 0.617. The van der Waals surface area contributed by atoms with E-state index in [0.717, 1.165) is 0 Å². The summed E-state index contributed by atoms with van der Waals surface area (Å²) in [5, 5.41) is 9.27. The summed E-state index contributed by atoms with van der Waals surface area (Å²) in [6, 6.07) is 1.46. The smallest absolute Gasteiger partial charge is 0.351 e. The number of nitrogens with two attached hydrogens (primary N) is 2. The third-order valence-corrected chi connectivity index (χ3v) is 3.52. The van der Waals surface area contributed by atoms with Crippen molar-refractivity contribution in [1.29, 1.82) is 0 Å². The van der Waals surface area contributed by atoms with Crippen LogP contribution in [0.5, 0.6) is 0 Å². The lowest BCUT2D eigenvalue weighted by molar-refractivity contribution is -0.131. The number of ether oxygens (including phenoxy) is 1. The monoisotopic (exact) mass is 268 g/mol. The summed E-state index contributed by atoms with van der Waals surface area (Å²) in [4.78, 5) is 26.8. The number of carbonyl (C=O) groups is 1. The Morgan fingerprint density at radius 2 is 2.42 bits per heavy atom. The molecule has 8 heteroatoms. The van der Waals surface area contributed by atoms with Gasteiger partial charge in [-0.3, -0.25) is 9.36 Å². The Labute approximate surface area is 109 Å². The van der Waals surface area contributed by atoms with Crippen LogP contribution < -0.4 is 17.2 Å². The highest BCUT2D eigenvalue weighted by atomic mass is 16.5. The van der Waals surface area contributed by atoms with Crippen LogP contribution in [0.25, 0.3) is 0 Å². The number of amides is 1. The Bertz CT molecular complexity index is 558. The molecule has 19 heavy (non-hydrogen) atoms. The van der Waals surface area contributed by atoms with Gasteiger partial charge in [0, 0.05) is 12.6 Å². The molecule has 1 aliphatic heterocycles. The zero-order valence-corrected chi connectivity index (χ0v) is 10.4. The van der Waals surface area contributed by atoms with Crippen molar-refractivity contribution in [2.45, 2.75) is 25.7 Å². The van der Waals surface area contributed by atoms with E-state index in [1.807, 2.05) is 0 Å². The molecule has 2 heterocycles. The number of nitrogen functional groups attached to an aromatic ring is 1. The van der Waals surface area contributed by atoms with E-state index in [1.54, 1.807) is 6.92 Å². The number of hydrogen-bond acceptors (Lipinski definition) is 6. The van der Waals surface area contributed by atoms with Crippen molar-refractivity contribution in [2.24, 2.45) is 11.1 Å². The second-order valence-corrected chi connectivity index (χ2v) is 4.79. The number of aliphatic hydroxyl groups excluding tert-OH is 1. The van der Waals surface area contributed by atoms with Gasteiger partial charge in [0.25, 0.3) is 0 Å². The number of aromatic nitrogens is 2. The highest BCUT2D eigenvalue weighted by Crippen LogP contribution is 2.42. The van der Waals surface area contributed by atoms with Gasteiger partial charge in [0.05, 0.1) is 18.1 Å². The molecule has 0 aromatic carbocycles. The molecule has 0 radical (unpaired) electrons. The van der Waals surface area contributed by atoms with E-state index in [9.17, 15) is 14.7 Å². The minimum absolute atomic E-state index is 0.107. The van der Waals surface area contributed by atoms with E-state index >= 15 is 0 Å². The van der Waals surface area contributed by atoms with Gasteiger partial charge in [-0.15, -0.1) is 0 Å². The van der Waals surface area contributed by atoms with Crippen molar-refractivity contribution in [2.75, 3.05) is 12.3 Å². The maximum absolute atomic E-state index is 11.7. The number of rotatable bonds is 3. The van der Waals surface area contributed by atoms with Crippen LogP contribution in [0.4, 0.5) is 5.82 Å². The summed E-state index contributed by atoms with van der Waals surface area (Å²) in [6.07, 6.45) is 0.185.